The van der Waals surface area contributed by atoms with Crippen LogP contribution < -0.4 is 4.90 Å². The van der Waals surface area contributed by atoms with Gasteiger partial charge in [-0.15, -0.1) is 0 Å². The molecule has 1 heterocycles. The quantitative estimate of drug-likeness (QED) is 0.783. The summed E-state index contributed by atoms with van der Waals surface area (Å²) in [5.41, 5.74) is 1.89. The second kappa shape index (κ2) is 5.19. The Bertz CT molecular complexity index is 422. The first-order valence-electron chi connectivity index (χ1n) is 5.81. The lowest BCUT2D eigenvalue weighted by molar-refractivity contribution is 0.112. The van der Waals surface area contributed by atoms with Gasteiger partial charge in [0, 0.05) is 35.7 Å². The first kappa shape index (κ1) is 12.6. The molecule has 1 aromatic carbocycles. The van der Waals surface area contributed by atoms with Gasteiger partial charge in [-0.2, -0.15) is 0 Å². The van der Waals surface area contributed by atoms with Crippen LogP contribution in [-0.4, -0.2) is 43.9 Å². The minimum absolute atomic E-state index is 0.493. The topological polar surface area (TPSA) is 23.6 Å². The molecule has 1 aromatic rings. The molecule has 1 saturated heterocycles. The molecule has 3 nitrogen and oxygen atoms in total. The molecule has 0 saturated carbocycles. The second-order valence-electron chi connectivity index (χ2n) is 4.63. The highest BCUT2D eigenvalue weighted by Crippen LogP contribution is 2.29. The van der Waals surface area contributed by atoms with Crippen molar-refractivity contribution in [2.75, 3.05) is 31.6 Å². The molecule has 0 bridgehead atoms. The molecule has 1 unspecified atom stereocenters. The number of aldehydes is 1. The van der Waals surface area contributed by atoms with Crippen molar-refractivity contribution >= 4 is 27.9 Å². The van der Waals surface area contributed by atoms with Crippen LogP contribution in [0.2, 0.25) is 0 Å². The molecule has 1 fully saturated rings. The van der Waals surface area contributed by atoms with E-state index < -0.39 is 0 Å². The highest BCUT2D eigenvalue weighted by Gasteiger charge is 2.22. The lowest BCUT2D eigenvalue weighted by Crippen LogP contribution is -2.50. The molecule has 0 radical (unpaired) electrons. The first-order valence-corrected chi connectivity index (χ1v) is 6.61. The van der Waals surface area contributed by atoms with Crippen LogP contribution in [0.1, 0.15) is 17.3 Å². The Labute approximate surface area is 111 Å². The molecule has 0 aliphatic carbocycles. The molecule has 0 spiro atoms. The molecule has 92 valence electrons. The lowest BCUT2D eigenvalue weighted by Gasteiger charge is -2.40. The van der Waals surface area contributed by atoms with Gasteiger partial charge in [0.1, 0.15) is 6.29 Å². The molecule has 2 rings (SSSR count). The predicted octanol–water partition coefficient (Wildman–Crippen LogP) is 2.40. The van der Waals surface area contributed by atoms with Crippen molar-refractivity contribution in [1.82, 2.24) is 4.90 Å². The maximum Gasteiger partial charge on any atom is 0.150 e. The molecule has 4 heteroatoms. The van der Waals surface area contributed by atoms with Crippen LogP contribution in [0.4, 0.5) is 5.69 Å². The Morgan fingerprint density at radius 2 is 2.18 bits per heavy atom. The Balaban J connectivity index is 2.25. The molecule has 1 aliphatic rings. The first-order chi connectivity index (χ1) is 8.11. The summed E-state index contributed by atoms with van der Waals surface area (Å²) in [5.74, 6) is 0. The third-order valence-electron chi connectivity index (χ3n) is 3.25. The molecular weight excluding hydrogens is 280 g/mol. The zero-order valence-corrected chi connectivity index (χ0v) is 11.8. The van der Waals surface area contributed by atoms with E-state index >= 15 is 0 Å². The van der Waals surface area contributed by atoms with Crippen molar-refractivity contribution in [3.8, 4) is 0 Å². The molecule has 0 aromatic heterocycles. The SMILES string of the molecule is CC1CN(C)CCN1c1ccc(C=O)cc1Br. The van der Waals surface area contributed by atoms with Crippen molar-refractivity contribution in [3.05, 3.63) is 28.2 Å². The van der Waals surface area contributed by atoms with Crippen LogP contribution >= 0.6 is 15.9 Å². The fraction of sp³-hybridized carbons (Fsp3) is 0.462. The van der Waals surface area contributed by atoms with E-state index in [1.54, 1.807) is 0 Å². The van der Waals surface area contributed by atoms with Crippen LogP contribution in [0.5, 0.6) is 0 Å². The van der Waals surface area contributed by atoms with Crippen molar-refractivity contribution in [2.45, 2.75) is 13.0 Å². The van der Waals surface area contributed by atoms with E-state index in [0.717, 1.165) is 30.4 Å². The second-order valence-corrected chi connectivity index (χ2v) is 5.49. The van der Waals surface area contributed by atoms with E-state index in [1.165, 1.54) is 5.69 Å². The summed E-state index contributed by atoms with van der Waals surface area (Å²) in [5, 5.41) is 0. The smallest absolute Gasteiger partial charge is 0.150 e. The summed E-state index contributed by atoms with van der Waals surface area (Å²) in [6.45, 7) is 5.40. The maximum absolute atomic E-state index is 10.7. The Hall–Kier alpha value is -0.870. The highest BCUT2D eigenvalue weighted by atomic mass is 79.9. The zero-order valence-electron chi connectivity index (χ0n) is 10.2. The van der Waals surface area contributed by atoms with Crippen LogP contribution in [0.3, 0.4) is 0 Å². The standard InChI is InChI=1S/C13H17BrN2O/c1-10-8-15(2)5-6-16(10)13-4-3-11(9-17)7-12(13)14/h3-4,7,9-10H,5-6,8H2,1-2H3. The fourth-order valence-corrected chi connectivity index (χ4v) is 2.95. The number of anilines is 1. The average Bonchev–Trinajstić information content (AvgIpc) is 2.30. The molecule has 0 amide bonds. The van der Waals surface area contributed by atoms with E-state index in [1.807, 2.05) is 18.2 Å². The van der Waals surface area contributed by atoms with Gasteiger partial charge in [0.2, 0.25) is 0 Å². The maximum atomic E-state index is 10.7. The number of carbonyl (C=O) groups excluding carboxylic acids is 1. The number of hydrogen-bond donors (Lipinski definition) is 0. The van der Waals surface area contributed by atoms with Gasteiger partial charge in [-0.25, -0.2) is 0 Å². The zero-order chi connectivity index (χ0) is 12.4. The fourth-order valence-electron chi connectivity index (χ4n) is 2.33. The molecule has 17 heavy (non-hydrogen) atoms. The normalized spacial score (nSPS) is 21.6. The van der Waals surface area contributed by atoms with Crippen LogP contribution in [0.25, 0.3) is 0 Å². The van der Waals surface area contributed by atoms with Gasteiger partial charge in [0.05, 0.1) is 5.69 Å². The van der Waals surface area contributed by atoms with Crippen molar-refractivity contribution < 1.29 is 4.79 Å². The minimum Gasteiger partial charge on any atom is -0.365 e. The molecule has 1 aliphatic heterocycles. The summed E-state index contributed by atoms with van der Waals surface area (Å²) in [6, 6.07) is 6.27. The van der Waals surface area contributed by atoms with Gasteiger partial charge in [-0.3, -0.25) is 4.79 Å². The van der Waals surface area contributed by atoms with Gasteiger partial charge in [-0.1, -0.05) is 0 Å². The van der Waals surface area contributed by atoms with E-state index in [-0.39, 0.29) is 0 Å². The number of piperazine rings is 1. The van der Waals surface area contributed by atoms with E-state index in [2.05, 4.69) is 39.7 Å². The van der Waals surface area contributed by atoms with Gasteiger partial charge in [0.15, 0.2) is 0 Å². The lowest BCUT2D eigenvalue weighted by atomic mass is 10.1. The number of halogens is 1. The minimum atomic E-state index is 0.493. The summed E-state index contributed by atoms with van der Waals surface area (Å²) >= 11 is 3.55. The third kappa shape index (κ3) is 2.69. The summed E-state index contributed by atoms with van der Waals surface area (Å²) in [6.07, 6.45) is 0.877. The summed E-state index contributed by atoms with van der Waals surface area (Å²) in [4.78, 5) is 15.4. The molecule has 0 N–H and O–H groups in total. The van der Waals surface area contributed by atoms with Crippen LogP contribution in [0.15, 0.2) is 22.7 Å². The monoisotopic (exact) mass is 296 g/mol. The number of hydrogen-bond acceptors (Lipinski definition) is 3. The van der Waals surface area contributed by atoms with Gasteiger partial charge >= 0.3 is 0 Å². The summed E-state index contributed by atoms with van der Waals surface area (Å²) in [7, 11) is 2.15. The van der Waals surface area contributed by atoms with Crippen molar-refractivity contribution in [3.63, 3.8) is 0 Å². The number of rotatable bonds is 2. The van der Waals surface area contributed by atoms with Crippen LogP contribution in [0, 0.1) is 0 Å². The molecule has 1 atom stereocenters. The number of nitrogens with zero attached hydrogens (tertiary/aromatic N) is 2. The van der Waals surface area contributed by atoms with Gasteiger partial charge in [-0.05, 0) is 48.1 Å². The average molecular weight is 297 g/mol. The number of carbonyl (C=O) groups is 1. The summed E-state index contributed by atoms with van der Waals surface area (Å²) < 4.78 is 0.999. The van der Waals surface area contributed by atoms with E-state index in [4.69, 9.17) is 0 Å². The van der Waals surface area contributed by atoms with Crippen molar-refractivity contribution in [2.24, 2.45) is 0 Å². The number of benzene rings is 1. The van der Waals surface area contributed by atoms with Crippen molar-refractivity contribution in [1.29, 1.82) is 0 Å². The Kier molecular flexibility index (Phi) is 3.84. The van der Waals surface area contributed by atoms with Gasteiger partial charge < -0.3 is 9.80 Å². The third-order valence-corrected chi connectivity index (χ3v) is 3.88. The Morgan fingerprint density at radius 1 is 1.41 bits per heavy atom. The molecular formula is C13H17BrN2O. The highest BCUT2D eigenvalue weighted by molar-refractivity contribution is 9.10. The van der Waals surface area contributed by atoms with Gasteiger partial charge in [0.25, 0.3) is 0 Å². The predicted molar refractivity (Wildman–Crippen MR) is 73.8 cm³/mol. The van der Waals surface area contributed by atoms with E-state index in [0.29, 0.717) is 11.6 Å². The van der Waals surface area contributed by atoms with Crippen LogP contribution in [-0.2, 0) is 0 Å². The van der Waals surface area contributed by atoms with E-state index in [9.17, 15) is 4.79 Å². The largest absolute Gasteiger partial charge is 0.365 e. The Morgan fingerprint density at radius 3 is 2.76 bits per heavy atom. The number of likely N-dealkylation sites (N-methyl/N-ethyl adjacent to an activating group) is 1.